The fourth-order valence-electron chi connectivity index (χ4n) is 2.44. The van der Waals surface area contributed by atoms with Crippen molar-refractivity contribution in [3.8, 4) is 0 Å². The second-order valence-corrected chi connectivity index (χ2v) is 7.57. The molecule has 0 saturated carbocycles. The second-order valence-electron chi connectivity index (χ2n) is 6.71. The average Bonchev–Trinajstić information content (AvgIpc) is 2.76. The molecule has 1 aliphatic rings. The summed E-state index contributed by atoms with van der Waals surface area (Å²) in [4.78, 5) is 16.7. The molecule has 0 aliphatic carbocycles. The lowest BCUT2D eigenvalue weighted by molar-refractivity contribution is -0.121. The molecule has 2 heterocycles. The molecule has 1 saturated heterocycles. The van der Waals surface area contributed by atoms with Crippen molar-refractivity contribution in [1.29, 1.82) is 0 Å². The number of carbonyl (C=O) groups is 1. The number of carbonyl (C=O) groups excluding carboxylic acids is 1. The van der Waals surface area contributed by atoms with Crippen LogP contribution in [0.1, 0.15) is 51.2 Å². The predicted molar refractivity (Wildman–Crippen MR) is 97.6 cm³/mol. The third kappa shape index (κ3) is 6.41. The Labute approximate surface area is 149 Å². The minimum absolute atomic E-state index is 0. The summed E-state index contributed by atoms with van der Waals surface area (Å²) < 4.78 is 0. The first-order chi connectivity index (χ1) is 9.34. The van der Waals surface area contributed by atoms with Gasteiger partial charge in [-0.15, -0.1) is 36.2 Å². The van der Waals surface area contributed by atoms with Crippen molar-refractivity contribution in [1.82, 2.24) is 15.6 Å². The predicted octanol–water partition coefficient (Wildman–Crippen LogP) is 3.08. The number of halogens is 2. The molecule has 1 aromatic heterocycles. The first kappa shape index (κ1) is 21.6. The largest absolute Gasteiger partial charge is 0.353 e. The van der Waals surface area contributed by atoms with Crippen LogP contribution in [0.4, 0.5) is 0 Å². The molecule has 2 N–H and O–H groups in total. The summed E-state index contributed by atoms with van der Waals surface area (Å²) in [7, 11) is 0. The third-order valence-corrected chi connectivity index (χ3v) is 4.84. The molecule has 1 aliphatic heterocycles. The highest BCUT2D eigenvalue weighted by Crippen LogP contribution is 2.25. The van der Waals surface area contributed by atoms with E-state index in [2.05, 4.69) is 43.3 Å². The van der Waals surface area contributed by atoms with E-state index in [-0.39, 0.29) is 36.1 Å². The molecule has 7 heteroatoms. The lowest BCUT2D eigenvalue weighted by atomic mass is 9.98. The lowest BCUT2D eigenvalue weighted by Crippen LogP contribution is -2.47. The molecule has 1 fully saturated rings. The van der Waals surface area contributed by atoms with Crippen LogP contribution < -0.4 is 10.6 Å². The lowest BCUT2D eigenvalue weighted by Gasteiger charge is -2.28. The van der Waals surface area contributed by atoms with Gasteiger partial charge >= 0.3 is 0 Å². The van der Waals surface area contributed by atoms with Crippen molar-refractivity contribution >= 4 is 42.1 Å². The molecule has 1 aromatic rings. The molecule has 128 valence electrons. The SMILES string of the molecule is CC1CC(NC(=O)Cc2csc(C(C)(C)C)n2)CCN1.Cl.Cl. The molecule has 2 rings (SSSR count). The van der Waals surface area contributed by atoms with Gasteiger partial charge in [-0.25, -0.2) is 4.98 Å². The Bertz CT molecular complexity index is 474. The fourth-order valence-corrected chi connectivity index (χ4v) is 3.35. The van der Waals surface area contributed by atoms with Crippen LogP contribution in [-0.2, 0) is 16.6 Å². The molecule has 2 unspecified atom stereocenters. The minimum Gasteiger partial charge on any atom is -0.353 e. The minimum atomic E-state index is 0. The molecule has 0 bridgehead atoms. The van der Waals surface area contributed by atoms with Crippen molar-refractivity contribution in [2.75, 3.05) is 6.54 Å². The summed E-state index contributed by atoms with van der Waals surface area (Å²) in [5.41, 5.74) is 0.948. The molecule has 22 heavy (non-hydrogen) atoms. The van der Waals surface area contributed by atoms with E-state index < -0.39 is 0 Å². The maximum absolute atomic E-state index is 12.1. The first-order valence-corrected chi connectivity index (χ1v) is 8.20. The molecular formula is C15H27Cl2N3OS. The van der Waals surface area contributed by atoms with Gasteiger partial charge in [0.15, 0.2) is 0 Å². The van der Waals surface area contributed by atoms with E-state index in [1.807, 2.05) is 5.38 Å². The van der Waals surface area contributed by atoms with E-state index in [1.165, 1.54) is 0 Å². The van der Waals surface area contributed by atoms with Crippen LogP contribution in [0.3, 0.4) is 0 Å². The number of aromatic nitrogens is 1. The number of piperidine rings is 1. The number of rotatable bonds is 3. The number of hydrogen-bond acceptors (Lipinski definition) is 4. The zero-order chi connectivity index (χ0) is 14.8. The summed E-state index contributed by atoms with van der Waals surface area (Å²) in [5, 5.41) is 9.62. The van der Waals surface area contributed by atoms with Crippen LogP contribution in [0.5, 0.6) is 0 Å². The van der Waals surface area contributed by atoms with Crippen molar-refractivity contribution in [3.05, 3.63) is 16.1 Å². The van der Waals surface area contributed by atoms with Gasteiger partial charge in [-0.1, -0.05) is 20.8 Å². The van der Waals surface area contributed by atoms with Gasteiger partial charge in [0.25, 0.3) is 0 Å². The number of nitrogens with zero attached hydrogens (tertiary/aromatic N) is 1. The van der Waals surface area contributed by atoms with Gasteiger partial charge in [-0.3, -0.25) is 4.79 Å². The Morgan fingerprint density at radius 2 is 2.14 bits per heavy atom. The first-order valence-electron chi connectivity index (χ1n) is 7.32. The molecule has 0 radical (unpaired) electrons. The van der Waals surface area contributed by atoms with E-state index in [4.69, 9.17) is 0 Å². The third-order valence-electron chi connectivity index (χ3n) is 3.52. The van der Waals surface area contributed by atoms with Crippen molar-refractivity contribution < 1.29 is 4.79 Å². The number of amides is 1. The van der Waals surface area contributed by atoms with E-state index >= 15 is 0 Å². The smallest absolute Gasteiger partial charge is 0.226 e. The standard InChI is InChI=1S/C15H25N3OS.2ClH/c1-10-7-11(5-6-16-10)17-13(19)8-12-9-20-14(18-12)15(2,3)4;;/h9-11,16H,5-8H2,1-4H3,(H,17,19);2*1H. The van der Waals surface area contributed by atoms with Gasteiger partial charge in [0.2, 0.25) is 5.91 Å². The van der Waals surface area contributed by atoms with E-state index in [0.29, 0.717) is 18.5 Å². The summed E-state index contributed by atoms with van der Waals surface area (Å²) in [5.74, 6) is 0.0925. The molecule has 4 nitrogen and oxygen atoms in total. The van der Waals surface area contributed by atoms with Gasteiger partial charge in [0.1, 0.15) is 0 Å². The van der Waals surface area contributed by atoms with Crippen molar-refractivity contribution in [3.63, 3.8) is 0 Å². The second kappa shape index (κ2) is 9.06. The van der Waals surface area contributed by atoms with Gasteiger partial charge in [-0.2, -0.15) is 0 Å². The van der Waals surface area contributed by atoms with E-state index in [9.17, 15) is 4.79 Å². The maximum atomic E-state index is 12.1. The molecule has 2 atom stereocenters. The zero-order valence-corrected chi connectivity index (χ0v) is 16.1. The Kier molecular flexibility index (Phi) is 8.91. The van der Waals surface area contributed by atoms with Crippen LogP contribution in [0.2, 0.25) is 0 Å². The Morgan fingerprint density at radius 1 is 1.45 bits per heavy atom. The molecule has 0 spiro atoms. The average molecular weight is 368 g/mol. The summed E-state index contributed by atoms with van der Waals surface area (Å²) >= 11 is 1.64. The fraction of sp³-hybridized carbons (Fsp3) is 0.733. The quantitative estimate of drug-likeness (QED) is 0.862. The summed E-state index contributed by atoms with van der Waals surface area (Å²) in [6.07, 6.45) is 2.42. The summed E-state index contributed by atoms with van der Waals surface area (Å²) in [6, 6.07) is 0.792. The normalized spacial score (nSPS) is 21.5. The molecule has 1 amide bonds. The molecular weight excluding hydrogens is 341 g/mol. The zero-order valence-electron chi connectivity index (χ0n) is 13.6. The molecule has 0 aromatic carbocycles. The highest BCUT2D eigenvalue weighted by molar-refractivity contribution is 7.09. The van der Waals surface area contributed by atoms with E-state index in [0.717, 1.165) is 30.1 Å². The van der Waals surface area contributed by atoms with Crippen LogP contribution in [-0.4, -0.2) is 29.5 Å². The number of hydrogen-bond donors (Lipinski definition) is 2. The monoisotopic (exact) mass is 367 g/mol. The Morgan fingerprint density at radius 3 is 2.68 bits per heavy atom. The van der Waals surface area contributed by atoms with Crippen LogP contribution >= 0.6 is 36.2 Å². The van der Waals surface area contributed by atoms with Crippen molar-refractivity contribution in [2.45, 2.75) is 64.5 Å². The number of thiazole rings is 1. The van der Waals surface area contributed by atoms with Gasteiger partial charge in [-0.05, 0) is 26.3 Å². The van der Waals surface area contributed by atoms with E-state index in [1.54, 1.807) is 11.3 Å². The van der Waals surface area contributed by atoms with Crippen LogP contribution in [0.15, 0.2) is 5.38 Å². The van der Waals surface area contributed by atoms with Gasteiger partial charge in [0.05, 0.1) is 17.1 Å². The summed E-state index contributed by atoms with van der Waals surface area (Å²) in [6.45, 7) is 9.58. The van der Waals surface area contributed by atoms with Crippen molar-refractivity contribution in [2.24, 2.45) is 0 Å². The Balaban J connectivity index is 0.00000220. The highest BCUT2D eigenvalue weighted by Gasteiger charge is 2.21. The number of nitrogens with one attached hydrogen (secondary N) is 2. The topological polar surface area (TPSA) is 54.0 Å². The Hall–Kier alpha value is -0.360. The van der Waals surface area contributed by atoms with Crippen LogP contribution in [0.25, 0.3) is 0 Å². The maximum Gasteiger partial charge on any atom is 0.226 e. The van der Waals surface area contributed by atoms with Crippen LogP contribution in [0, 0.1) is 0 Å². The highest BCUT2D eigenvalue weighted by atomic mass is 35.5. The van der Waals surface area contributed by atoms with Gasteiger partial charge in [0, 0.05) is 22.9 Å². The van der Waals surface area contributed by atoms with Gasteiger partial charge < -0.3 is 10.6 Å².